The van der Waals surface area contributed by atoms with Crippen LogP contribution in [0.2, 0.25) is 0 Å². The van der Waals surface area contributed by atoms with Gasteiger partial charge >= 0.3 is 0 Å². The lowest BCUT2D eigenvalue weighted by molar-refractivity contribution is 0.525. The number of anilines is 1. The number of nitrogens with zero attached hydrogens (tertiary/aromatic N) is 4. The standard InChI is InChI=1S/C11H14FN5/c1-11(2,3)10-14-15-16-17(10)9-5-7(12)4-8(13)6-9/h4-6H,13H2,1-3H3. The first kappa shape index (κ1) is 11.5. The van der Waals surface area contributed by atoms with Crippen LogP contribution >= 0.6 is 0 Å². The zero-order chi connectivity index (χ0) is 12.6. The molecular weight excluding hydrogens is 221 g/mol. The van der Waals surface area contributed by atoms with Crippen molar-refractivity contribution in [2.24, 2.45) is 0 Å². The van der Waals surface area contributed by atoms with Crippen molar-refractivity contribution in [3.8, 4) is 5.69 Å². The van der Waals surface area contributed by atoms with Gasteiger partial charge in [0.05, 0.1) is 5.69 Å². The molecule has 0 fully saturated rings. The first-order valence-corrected chi connectivity index (χ1v) is 5.23. The van der Waals surface area contributed by atoms with E-state index in [1.54, 1.807) is 6.07 Å². The zero-order valence-corrected chi connectivity index (χ0v) is 9.98. The van der Waals surface area contributed by atoms with Crippen LogP contribution in [0.3, 0.4) is 0 Å². The lowest BCUT2D eigenvalue weighted by atomic mass is 9.96. The number of hydrogen-bond acceptors (Lipinski definition) is 4. The molecular formula is C11H14FN5. The van der Waals surface area contributed by atoms with Gasteiger partial charge in [-0.05, 0) is 28.6 Å². The van der Waals surface area contributed by atoms with Gasteiger partial charge in [0.15, 0.2) is 5.82 Å². The molecule has 6 heteroatoms. The second-order valence-corrected chi connectivity index (χ2v) is 4.91. The minimum absolute atomic E-state index is 0.232. The fourth-order valence-corrected chi connectivity index (χ4v) is 1.55. The van der Waals surface area contributed by atoms with Crippen molar-refractivity contribution in [3.63, 3.8) is 0 Å². The van der Waals surface area contributed by atoms with Gasteiger partial charge in [-0.3, -0.25) is 0 Å². The molecule has 0 saturated carbocycles. The molecule has 0 aliphatic heterocycles. The Morgan fingerprint density at radius 1 is 1.24 bits per heavy atom. The Hall–Kier alpha value is -1.98. The van der Waals surface area contributed by atoms with Crippen molar-refractivity contribution in [1.82, 2.24) is 20.2 Å². The molecule has 2 rings (SSSR count). The molecule has 90 valence electrons. The molecule has 5 nitrogen and oxygen atoms in total. The minimum atomic E-state index is -0.407. The van der Waals surface area contributed by atoms with Crippen LogP contribution in [-0.2, 0) is 5.41 Å². The smallest absolute Gasteiger partial charge is 0.162 e. The lowest BCUT2D eigenvalue weighted by Crippen LogP contribution is -2.19. The third-order valence-corrected chi connectivity index (χ3v) is 2.29. The molecule has 17 heavy (non-hydrogen) atoms. The first-order valence-electron chi connectivity index (χ1n) is 5.23. The average molecular weight is 235 g/mol. The van der Waals surface area contributed by atoms with Crippen molar-refractivity contribution in [2.45, 2.75) is 26.2 Å². The average Bonchev–Trinajstić information content (AvgIpc) is 2.63. The molecule has 0 aliphatic rings. The molecule has 2 aromatic rings. The summed E-state index contributed by atoms with van der Waals surface area (Å²) >= 11 is 0. The maximum atomic E-state index is 13.3. The summed E-state index contributed by atoms with van der Waals surface area (Å²) in [6.45, 7) is 5.95. The van der Waals surface area contributed by atoms with E-state index in [4.69, 9.17) is 5.73 Å². The van der Waals surface area contributed by atoms with Gasteiger partial charge in [-0.25, -0.2) is 4.39 Å². The van der Waals surface area contributed by atoms with E-state index in [1.165, 1.54) is 16.8 Å². The molecule has 0 radical (unpaired) electrons. The fourth-order valence-electron chi connectivity index (χ4n) is 1.55. The molecule has 0 saturated heterocycles. The van der Waals surface area contributed by atoms with E-state index >= 15 is 0 Å². The maximum absolute atomic E-state index is 13.3. The number of hydrogen-bond donors (Lipinski definition) is 1. The SMILES string of the molecule is CC(C)(C)c1nnnn1-c1cc(N)cc(F)c1. The van der Waals surface area contributed by atoms with Crippen LogP contribution in [0.15, 0.2) is 18.2 Å². The van der Waals surface area contributed by atoms with Crippen LogP contribution in [0.1, 0.15) is 26.6 Å². The summed E-state index contributed by atoms with van der Waals surface area (Å²) in [6, 6.07) is 4.24. The Morgan fingerprint density at radius 3 is 2.53 bits per heavy atom. The molecule has 0 atom stereocenters. The van der Waals surface area contributed by atoms with Gasteiger partial charge in [0.25, 0.3) is 0 Å². The number of nitrogen functional groups attached to an aromatic ring is 1. The Kier molecular flexibility index (Phi) is 2.57. The van der Waals surface area contributed by atoms with E-state index in [0.717, 1.165) is 0 Å². The van der Waals surface area contributed by atoms with Crippen LogP contribution < -0.4 is 5.73 Å². The molecule has 0 spiro atoms. The van der Waals surface area contributed by atoms with E-state index in [-0.39, 0.29) is 5.41 Å². The zero-order valence-electron chi connectivity index (χ0n) is 9.98. The van der Waals surface area contributed by atoms with Gasteiger partial charge in [-0.2, -0.15) is 4.68 Å². The number of benzene rings is 1. The summed E-state index contributed by atoms with van der Waals surface area (Å²) in [5, 5.41) is 11.5. The van der Waals surface area contributed by atoms with Gasteiger partial charge in [0.2, 0.25) is 0 Å². The summed E-state index contributed by atoms with van der Waals surface area (Å²) in [4.78, 5) is 0. The molecule has 1 aromatic heterocycles. The van der Waals surface area contributed by atoms with E-state index < -0.39 is 5.82 Å². The molecule has 2 N–H and O–H groups in total. The molecule has 0 unspecified atom stereocenters. The molecule has 0 amide bonds. The van der Waals surface area contributed by atoms with Crippen LogP contribution in [-0.4, -0.2) is 20.2 Å². The fraction of sp³-hybridized carbons (Fsp3) is 0.364. The normalized spacial score (nSPS) is 11.8. The first-order chi connectivity index (χ1) is 7.88. The van der Waals surface area contributed by atoms with Crippen molar-refractivity contribution in [2.75, 3.05) is 5.73 Å². The predicted molar refractivity (Wildman–Crippen MR) is 62.2 cm³/mol. The van der Waals surface area contributed by atoms with Crippen LogP contribution in [0, 0.1) is 5.82 Å². The van der Waals surface area contributed by atoms with Gasteiger partial charge in [0, 0.05) is 11.1 Å². The molecule has 0 bridgehead atoms. The number of halogens is 1. The maximum Gasteiger partial charge on any atom is 0.162 e. The van der Waals surface area contributed by atoms with E-state index in [9.17, 15) is 4.39 Å². The summed E-state index contributed by atoms with van der Waals surface area (Å²) in [7, 11) is 0. The number of rotatable bonds is 1. The quantitative estimate of drug-likeness (QED) is 0.763. The predicted octanol–water partition coefficient (Wildman–Crippen LogP) is 1.68. The highest BCUT2D eigenvalue weighted by Gasteiger charge is 2.23. The number of aromatic nitrogens is 4. The van der Waals surface area contributed by atoms with E-state index in [2.05, 4.69) is 15.5 Å². The molecule has 0 aliphatic carbocycles. The van der Waals surface area contributed by atoms with Gasteiger partial charge in [-0.15, -0.1) is 5.10 Å². The summed E-state index contributed by atoms with van der Waals surface area (Å²) < 4.78 is 14.8. The molecule has 1 heterocycles. The summed E-state index contributed by atoms with van der Waals surface area (Å²) in [5.41, 5.74) is 6.24. The van der Waals surface area contributed by atoms with Gasteiger partial charge < -0.3 is 5.73 Å². The third-order valence-electron chi connectivity index (χ3n) is 2.29. The van der Waals surface area contributed by atoms with Crippen molar-refractivity contribution in [3.05, 3.63) is 29.8 Å². The Labute approximate surface area is 98.4 Å². The monoisotopic (exact) mass is 235 g/mol. The second kappa shape index (κ2) is 3.80. The van der Waals surface area contributed by atoms with Crippen LogP contribution in [0.25, 0.3) is 5.69 Å². The second-order valence-electron chi connectivity index (χ2n) is 4.91. The van der Waals surface area contributed by atoms with Crippen LogP contribution in [0.5, 0.6) is 0 Å². The highest BCUT2D eigenvalue weighted by molar-refractivity contribution is 5.48. The van der Waals surface area contributed by atoms with E-state index in [0.29, 0.717) is 17.2 Å². The Bertz CT molecular complexity index is 521. The number of tetrazole rings is 1. The minimum Gasteiger partial charge on any atom is -0.399 e. The molecule has 1 aromatic carbocycles. The summed E-state index contributed by atoms with van der Waals surface area (Å²) in [6.07, 6.45) is 0. The Balaban J connectivity index is 2.57. The van der Waals surface area contributed by atoms with Crippen molar-refractivity contribution in [1.29, 1.82) is 0 Å². The van der Waals surface area contributed by atoms with Gasteiger partial charge in [-0.1, -0.05) is 20.8 Å². The van der Waals surface area contributed by atoms with Crippen molar-refractivity contribution >= 4 is 5.69 Å². The van der Waals surface area contributed by atoms with E-state index in [1.807, 2.05) is 20.8 Å². The summed E-state index contributed by atoms with van der Waals surface area (Å²) in [5.74, 6) is 0.248. The Morgan fingerprint density at radius 2 is 1.94 bits per heavy atom. The topological polar surface area (TPSA) is 69.6 Å². The van der Waals surface area contributed by atoms with Crippen LogP contribution in [0.4, 0.5) is 10.1 Å². The largest absolute Gasteiger partial charge is 0.399 e. The van der Waals surface area contributed by atoms with Crippen molar-refractivity contribution < 1.29 is 4.39 Å². The third kappa shape index (κ3) is 2.25. The highest BCUT2D eigenvalue weighted by Crippen LogP contribution is 2.23. The highest BCUT2D eigenvalue weighted by atomic mass is 19.1. The lowest BCUT2D eigenvalue weighted by Gasteiger charge is -2.17. The number of nitrogens with two attached hydrogens (primary N) is 1. The van der Waals surface area contributed by atoms with Gasteiger partial charge in [0.1, 0.15) is 5.82 Å².